The van der Waals surface area contributed by atoms with E-state index in [1.165, 1.54) is 89.9 Å². The highest BCUT2D eigenvalue weighted by atomic mass is 16.4. The van der Waals surface area contributed by atoms with Crippen molar-refractivity contribution in [3.05, 3.63) is 12.2 Å². The Morgan fingerprint density at radius 1 is 0.429 bits per heavy atom. The molecule has 0 heterocycles. The zero-order chi connectivity index (χ0) is 31.2. The summed E-state index contributed by atoms with van der Waals surface area (Å²) in [5.41, 5.74) is 0. The molecule has 246 valence electrons. The number of aliphatic carboxylic acids is 3. The van der Waals surface area contributed by atoms with Crippen molar-refractivity contribution in [2.45, 2.75) is 167 Å². The lowest BCUT2D eigenvalue weighted by Gasteiger charge is -2.39. The van der Waals surface area contributed by atoms with Gasteiger partial charge in [0.05, 0.1) is 26.2 Å². The highest BCUT2D eigenvalue weighted by Crippen LogP contribution is 2.20. The zero-order valence-electron chi connectivity index (χ0n) is 27.2. The first-order chi connectivity index (χ1) is 20.3. The second-order valence-electron chi connectivity index (χ2n) is 12.4. The monoisotopic (exact) mass is 596 g/mol. The third-order valence-corrected chi connectivity index (χ3v) is 8.47. The van der Waals surface area contributed by atoms with Crippen molar-refractivity contribution in [2.75, 3.05) is 26.2 Å². The fraction of sp³-hybridized carbons (Fsp3) is 0.857. The lowest BCUT2D eigenvalue weighted by molar-refractivity contribution is -0.929. The van der Waals surface area contributed by atoms with E-state index >= 15 is 0 Å². The molecule has 0 fully saturated rings. The van der Waals surface area contributed by atoms with Crippen LogP contribution >= 0.6 is 0 Å². The van der Waals surface area contributed by atoms with E-state index in [2.05, 4.69) is 19.1 Å². The normalized spacial score (nSPS) is 11.8. The van der Waals surface area contributed by atoms with Crippen LogP contribution in [0.3, 0.4) is 0 Å². The van der Waals surface area contributed by atoms with E-state index < -0.39 is 17.9 Å². The molecular formula is C35H66NO6+. The van der Waals surface area contributed by atoms with Crippen LogP contribution in [0, 0.1) is 0 Å². The predicted molar refractivity (Wildman–Crippen MR) is 173 cm³/mol. The van der Waals surface area contributed by atoms with E-state index in [9.17, 15) is 14.4 Å². The topological polar surface area (TPSA) is 112 Å². The molecule has 0 aliphatic carbocycles. The van der Waals surface area contributed by atoms with Gasteiger partial charge in [-0.15, -0.1) is 0 Å². The Balaban J connectivity index is 4.31. The third-order valence-electron chi connectivity index (χ3n) is 8.47. The fourth-order valence-corrected chi connectivity index (χ4v) is 5.96. The molecular weight excluding hydrogens is 530 g/mol. The lowest BCUT2D eigenvalue weighted by atomic mass is 10.0. The summed E-state index contributed by atoms with van der Waals surface area (Å²) in [6.07, 6.45) is 30.4. The Hall–Kier alpha value is -1.89. The van der Waals surface area contributed by atoms with Crippen LogP contribution in [0.15, 0.2) is 12.2 Å². The maximum absolute atomic E-state index is 11.0. The van der Waals surface area contributed by atoms with Crippen LogP contribution in [-0.4, -0.2) is 63.9 Å². The van der Waals surface area contributed by atoms with Gasteiger partial charge in [0, 0.05) is 19.3 Å². The molecule has 0 aliphatic heterocycles. The van der Waals surface area contributed by atoms with Crippen LogP contribution in [0.4, 0.5) is 0 Å². The molecule has 0 amide bonds. The Kier molecular flexibility index (Phi) is 27.9. The van der Waals surface area contributed by atoms with Gasteiger partial charge >= 0.3 is 17.9 Å². The molecule has 7 heteroatoms. The van der Waals surface area contributed by atoms with Crippen molar-refractivity contribution in [3.63, 3.8) is 0 Å². The number of nitrogens with zero attached hydrogens (tertiary/aromatic N) is 1. The third kappa shape index (κ3) is 28.2. The van der Waals surface area contributed by atoms with Gasteiger partial charge in [0.2, 0.25) is 0 Å². The summed E-state index contributed by atoms with van der Waals surface area (Å²) in [5.74, 6) is -2.30. The number of carbonyl (C=O) groups is 3. The molecule has 0 atom stereocenters. The molecule has 0 saturated heterocycles. The minimum Gasteiger partial charge on any atom is -0.481 e. The first kappa shape index (κ1) is 40.1. The van der Waals surface area contributed by atoms with Gasteiger partial charge in [-0.1, -0.05) is 89.7 Å². The molecule has 0 rings (SSSR count). The number of hydrogen-bond acceptors (Lipinski definition) is 3. The maximum Gasteiger partial charge on any atom is 0.303 e. The molecule has 3 N–H and O–H groups in total. The van der Waals surface area contributed by atoms with Crippen molar-refractivity contribution in [1.29, 1.82) is 0 Å². The molecule has 0 saturated carbocycles. The Bertz CT molecular complexity index is 638. The highest BCUT2D eigenvalue weighted by Gasteiger charge is 2.26. The number of unbranched alkanes of at least 4 members (excludes halogenated alkanes) is 17. The predicted octanol–water partition coefficient (Wildman–Crippen LogP) is 9.39. The molecule has 0 radical (unpaired) electrons. The van der Waals surface area contributed by atoms with E-state index in [-0.39, 0.29) is 19.3 Å². The average Bonchev–Trinajstić information content (AvgIpc) is 2.94. The van der Waals surface area contributed by atoms with E-state index in [0.29, 0.717) is 19.3 Å². The number of allylic oxidation sites excluding steroid dienone is 2. The van der Waals surface area contributed by atoms with Crippen LogP contribution < -0.4 is 0 Å². The molecule has 0 spiro atoms. The van der Waals surface area contributed by atoms with Crippen molar-refractivity contribution in [2.24, 2.45) is 0 Å². The van der Waals surface area contributed by atoms with E-state index in [4.69, 9.17) is 15.3 Å². The quantitative estimate of drug-likeness (QED) is 0.0395. The van der Waals surface area contributed by atoms with Crippen LogP contribution in [0.5, 0.6) is 0 Å². The summed E-state index contributed by atoms with van der Waals surface area (Å²) in [4.78, 5) is 33.0. The minimum atomic E-state index is -0.766. The molecule has 0 unspecified atom stereocenters. The summed E-state index contributed by atoms with van der Waals surface area (Å²) in [6, 6.07) is 0. The number of carboxylic acid groups (broad SMARTS) is 3. The van der Waals surface area contributed by atoms with Crippen LogP contribution in [0.1, 0.15) is 167 Å². The van der Waals surface area contributed by atoms with Gasteiger partial charge in [0.15, 0.2) is 0 Å². The molecule has 0 aliphatic rings. The van der Waals surface area contributed by atoms with Gasteiger partial charge in [-0.25, -0.2) is 0 Å². The summed E-state index contributed by atoms with van der Waals surface area (Å²) in [6.45, 7) is 5.88. The summed E-state index contributed by atoms with van der Waals surface area (Å²) in [5, 5.41) is 27.1. The van der Waals surface area contributed by atoms with Gasteiger partial charge in [-0.3, -0.25) is 14.4 Å². The summed E-state index contributed by atoms with van der Waals surface area (Å²) < 4.78 is 0.870. The molecule has 0 bridgehead atoms. The number of carboxylic acids is 3. The van der Waals surface area contributed by atoms with Gasteiger partial charge < -0.3 is 19.8 Å². The first-order valence-corrected chi connectivity index (χ1v) is 17.5. The lowest BCUT2D eigenvalue weighted by Crippen LogP contribution is -2.51. The Morgan fingerprint density at radius 3 is 1.02 bits per heavy atom. The zero-order valence-corrected chi connectivity index (χ0v) is 27.2. The van der Waals surface area contributed by atoms with Gasteiger partial charge in [0.1, 0.15) is 0 Å². The summed E-state index contributed by atoms with van der Waals surface area (Å²) in [7, 11) is 0. The van der Waals surface area contributed by atoms with Crippen molar-refractivity contribution >= 4 is 17.9 Å². The highest BCUT2D eigenvalue weighted by molar-refractivity contribution is 5.67. The average molecular weight is 597 g/mol. The number of hydrogen-bond donors (Lipinski definition) is 3. The largest absolute Gasteiger partial charge is 0.481 e. The van der Waals surface area contributed by atoms with Gasteiger partial charge in [0.25, 0.3) is 0 Å². The van der Waals surface area contributed by atoms with Gasteiger partial charge in [-0.05, 0) is 70.6 Å². The van der Waals surface area contributed by atoms with Gasteiger partial charge in [-0.2, -0.15) is 0 Å². The van der Waals surface area contributed by atoms with Crippen LogP contribution in [0.25, 0.3) is 0 Å². The molecule has 0 aromatic heterocycles. The summed E-state index contributed by atoms with van der Waals surface area (Å²) >= 11 is 0. The van der Waals surface area contributed by atoms with E-state index in [0.717, 1.165) is 62.8 Å². The van der Waals surface area contributed by atoms with Crippen molar-refractivity contribution in [3.8, 4) is 0 Å². The Labute approximate surface area is 257 Å². The smallest absolute Gasteiger partial charge is 0.303 e. The van der Waals surface area contributed by atoms with Crippen molar-refractivity contribution in [1.82, 2.24) is 0 Å². The SMILES string of the molecule is CC/C=C/CCCCCCCCCCCCCCCC[N+](CCCCC(=O)O)(CCCCC(=O)O)CCCCC(=O)O. The standard InChI is InChI=1S/C35H65NO6/c1-2-3-4-5-6-7-8-9-10-11-12-13-14-15-16-17-18-22-29-36(30-23-19-26-33(37)38,31-24-20-27-34(39)40)32-25-21-28-35(41)42/h3-4H,2,5-32H2,1H3,(H2-,37,38,39,40,41,42)/p+1/b4-3+. The fourth-order valence-electron chi connectivity index (χ4n) is 5.96. The first-order valence-electron chi connectivity index (χ1n) is 17.5. The second kappa shape index (κ2) is 29.2. The van der Waals surface area contributed by atoms with E-state index in [1.807, 2.05) is 0 Å². The Morgan fingerprint density at radius 2 is 0.714 bits per heavy atom. The van der Waals surface area contributed by atoms with Crippen LogP contribution in [-0.2, 0) is 14.4 Å². The molecule has 0 aromatic carbocycles. The number of quaternary nitrogens is 1. The second-order valence-corrected chi connectivity index (χ2v) is 12.4. The molecule has 42 heavy (non-hydrogen) atoms. The number of rotatable bonds is 33. The minimum absolute atomic E-state index is 0.176. The van der Waals surface area contributed by atoms with Crippen molar-refractivity contribution < 1.29 is 34.2 Å². The van der Waals surface area contributed by atoms with Crippen LogP contribution in [0.2, 0.25) is 0 Å². The van der Waals surface area contributed by atoms with E-state index in [1.54, 1.807) is 0 Å². The molecule has 0 aromatic rings. The molecule has 7 nitrogen and oxygen atoms in total. The maximum atomic E-state index is 11.0.